The second-order valence-corrected chi connectivity index (χ2v) is 6.01. The number of hydrogen-bond donors (Lipinski definition) is 0. The Balaban J connectivity index is 1.87. The van der Waals surface area contributed by atoms with Gasteiger partial charge in [-0.05, 0) is 44.7 Å². The van der Waals surface area contributed by atoms with Gasteiger partial charge in [0.25, 0.3) is 0 Å². The first-order valence-electron chi connectivity index (χ1n) is 7.51. The number of amides is 1. The highest BCUT2D eigenvalue weighted by Crippen LogP contribution is 2.24. The molecule has 0 bridgehead atoms. The molecular formula is C16H19ClN4O. The average Bonchev–Trinajstić information content (AvgIpc) is 2.72. The molecule has 3 heterocycles. The lowest BCUT2D eigenvalue weighted by Crippen LogP contribution is -2.35. The molecule has 0 aromatic carbocycles. The van der Waals surface area contributed by atoms with Crippen LogP contribution in [0.4, 0.5) is 5.82 Å². The number of anilines is 1. The van der Waals surface area contributed by atoms with Crippen molar-refractivity contribution in [2.24, 2.45) is 0 Å². The summed E-state index contributed by atoms with van der Waals surface area (Å²) in [5, 5.41) is 4.97. The van der Waals surface area contributed by atoms with Crippen LogP contribution in [0, 0.1) is 13.8 Å². The van der Waals surface area contributed by atoms with Crippen LogP contribution in [-0.4, -0.2) is 27.2 Å². The number of aryl methyl sites for hydroxylation is 2. The van der Waals surface area contributed by atoms with Gasteiger partial charge >= 0.3 is 0 Å². The average molecular weight is 319 g/mol. The Kier molecular flexibility index (Phi) is 4.16. The summed E-state index contributed by atoms with van der Waals surface area (Å²) in [5.74, 6) is 0.793. The number of halogens is 1. The van der Waals surface area contributed by atoms with Gasteiger partial charge in [-0.2, -0.15) is 5.10 Å². The zero-order valence-electron chi connectivity index (χ0n) is 12.8. The van der Waals surface area contributed by atoms with Gasteiger partial charge in [-0.1, -0.05) is 17.7 Å². The Hall–Kier alpha value is -1.88. The Bertz CT molecular complexity index is 710. The third-order valence-electron chi connectivity index (χ3n) is 4.08. The van der Waals surface area contributed by atoms with Crippen LogP contribution in [0.2, 0.25) is 5.02 Å². The van der Waals surface area contributed by atoms with Crippen LogP contribution < -0.4 is 4.90 Å². The standard InChI is InChI=1S/C16H19ClN4O/c1-11-15(17)12(2)21(19-11)10-14(22)20-9-4-3-6-13-7-5-8-18-16(13)20/h5,7-8H,3-4,6,9-10H2,1-2H3. The number of aromatic nitrogens is 3. The molecule has 1 aliphatic rings. The van der Waals surface area contributed by atoms with Gasteiger partial charge in [0.2, 0.25) is 5.91 Å². The summed E-state index contributed by atoms with van der Waals surface area (Å²) in [4.78, 5) is 18.9. The summed E-state index contributed by atoms with van der Waals surface area (Å²) in [6, 6.07) is 3.97. The summed E-state index contributed by atoms with van der Waals surface area (Å²) in [7, 11) is 0. The largest absolute Gasteiger partial charge is 0.295 e. The number of pyridine rings is 1. The maximum atomic E-state index is 12.7. The summed E-state index contributed by atoms with van der Waals surface area (Å²) < 4.78 is 1.67. The number of fused-ring (bicyclic) bond motifs is 1. The van der Waals surface area contributed by atoms with Crippen molar-refractivity contribution < 1.29 is 4.79 Å². The van der Waals surface area contributed by atoms with E-state index in [0.29, 0.717) is 11.6 Å². The fourth-order valence-corrected chi connectivity index (χ4v) is 2.98. The van der Waals surface area contributed by atoms with Crippen molar-refractivity contribution in [3.8, 4) is 0 Å². The van der Waals surface area contributed by atoms with Gasteiger partial charge in [0.15, 0.2) is 0 Å². The van der Waals surface area contributed by atoms with Gasteiger partial charge in [0.05, 0.1) is 16.4 Å². The number of hydrogen-bond acceptors (Lipinski definition) is 3. The molecule has 1 aliphatic heterocycles. The third-order valence-corrected chi connectivity index (χ3v) is 4.63. The van der Waals surface area contributed by atoms with Gasteiger partial charge in [-0.3, -0.25) is 14.4 Å². The topological polar surface area (TPSA) is 51.0 Å². The molecule has 6 heteroatoms. The Labute approximate surface area is 134 Å². The van der Waals surface area contributed by atoms with Crippen LogP contribution in [-0.2, 0) is 17.8 Å². The first-order chi connectivity index (χ1) is 10.6. The maximum Gasteiger partial charge on any atom is 0.249 e. The molecule has 0 radical (unpaired) electrons. The van der Waals surface area contributed by atoms with E-state index >= 15 is 0 Å². The smallest absolute Gasteiger partial charge is 0.249 e. The molecule has 0 fully saturated rings. The molecule has 5 nitrogen and oxygen atoms in total. The lowest BCUT2D eigenvalue weighted by atomic mass is 10.1. The SMILES string of the molecule is Cc1nn(CC(=O)N2CCCCc3cccnc32)c(C)c1Cl. The molecule has 0 saturated carbocycles. The number of carbonyl (C=O) groups excluding carboxylic acids is 1. The highest BCUT2D eigenvalue weighted by Gasteiger charge is 2.23. The van der Waals surface area contributed by atoms with E-state index < -0.39 is 0 Å². The molecule has 0 saturated heterocycles. The van der Waals surface area contributed by atoms with Gasteiger partial charge < -0.3 is 0 Å². The highest BCUT2D eigenvalue weighted by atomic mass is 35.5. The van der Waals surface area contributed by atoms with E-state index in [1.54, 1.807) is 15.8 Å². The maximum absolute atomic E-state index is 12.7. The Morgan fingerprint density at radius 3 is 2.91 bits per heavy atom. The number of carbonyl (C=O) groups is 1. The fraction of sp³-hybridized carbons (Fsp3) is 0.438. The Morgan fingerprint density at radius 1 is 1.36 bits per heavy atom. The number of nitrogens with zero attached hydrogens (tertiary/aromatic N) is 4. The van der Waals surface area contributed by atoms with E-state index in [0.717, 1.165) is 42.0 Å². The van der Waals surface area contributed by atoms with Gasteiger partial charge in [-0.25, -0.2) is 4.98 Å². The van der Waals surface area contributed by atoms with Crippen molar-refractivity contribution in [3.63, 3.8) is 0 Å². The van der Waals surface area contributed by atoms with E-state index in [9.17, 15) is 4.79 Å². The first-order valence-corrected chi connectivity index (χ1v) is 7.89. The minimum Gasteiger partial charge on any atom is -0.295 e. The van der Waals surface area contributed by atoms with Crippen molar-refractivity contribution in [1.82, 2.24) is 14.8 Å². The van der Waals surface area contributed by atoms with E-state index in [1.807, 2.05) is 26.0 Å². The molecule has 2 aromatic heterocycles. The van der Waals surface area contributed by atoms with E-state index in [4.69, 9.17) is 11.6 Å². The van der Waals surface area contributed by atoms with Crippen molar-refractivity contribution in [1.29, 1.82) is 0 Å². The molecular weight excluding hydrogens is 300 g/mol. The molecule has 116 valence electrons. The van der Waals surface area contributed by atoms with Crippen molar-refractivity contribution in [2.75, 3.05) is 11.4 Å². The minimum absolute atomic E-state index is 0.00381. The van der Waals surface area contributed by atoms with Crippen LogP contribution >= 0.6 is 11.6 Å². The molecule has 22 heavy (non-hydrogen) atoms. The van der Waals surface area contributed by atoms with Gasteiger partial charge in [0.1, 0.15) is 12.4 Å². The molecule has 0 spiro atoms. The monoisotopic (exact) mass is 318 g/mol. The molecule has 3 rings (SSSR count). The normalized spacial score (nSPS) is 14.6. The van der Waals surface area contributed by atoms with Crippen LogP contribution in [0.5, 0.6) is 0 Å². The second kappa shape index (κ2) is 6.08. The summed E-state index contributed by atoms with van der Waals surface area (Å²) in [5.41, 5.74) is 2.71. The van der Waals surface area contributed by atoms with Crippen LogP contribution in [0.25, 0.3) is 0 Å². The minimum atomic E-state index is 0.00381. The zero-order chi connectivity index (χ0) is 15.7. The van der Waals surface area contributed by atoms with Gasteiger partial charge in [-0.15, -0.1) is 0 Å². The molecule has 0 unspecified atom stereocenters. The molecule has 0 aliphatic carbocycles. The molecule has 1 amide bonds. The van der Waals surface area contributed by atoms with E-state index in [2.05, 4.69) is 10.1 Å². The first kappa shape index (κ1) is 15.0. The summed E-state index contributed by atoms with van der Waals surface area (Å²) in [6.45, 7) is 4.62. The van der Waals surface area contributed by atoms with Crippen LogP contribution in [0.1, 0.15) is 29.8 Å². The third kappa shape index (κ3) is 2.73. The number of rotatable bonds is 2. The summed E-state index contributed by atoms with van der Waals surface area (Å²) in [6.07, 6.45) is 4.78. The molecule has 0 N–H and O–H groups in total. The lowest BCUT2D eigenvalue weighted by Gasteiger charge is -2.21. The van der Waals surface area contributed by atoms with Crippen LogP contribution in [0.3, 0.4) is 0 Å². The van der Waals surface area contributed by atoms with Gasteiger partial charge in [0, 0.05) is 12.7 Å². The van der Waals surface area contributed by atoms with E-state index in [-0.39, 0.29) is 12.5 Å². The highest BCUT2D eigenvalue weighted by molar-refractivity contribution is 6.31. The predicted molar refractivity (Wildman–Crippen MR) is 86.2 cm³/mol. The Morgan fingerprint density at radius 2 is 2.18 bits per heavy atom. The molecule has 0 atom stereocenters. The second-order valence-electron chi connectivity index (χ2n) is 5.63. The predicted octanol–water partition coefficient (Wildman–Crippen LogP) is 2.92. The summed E-state index contributed by atoms with van der Waals surface area (Å²) >= 11 is 6.15. The van der Waals surface area contributed by atoms with E-state index in [1.165, 1.54) is 0 Å². The zero-order valence-corrected chi connectivity index (χ0v) is 13.6. The van der Waals surface area contributed by atoms with Crippen LogP contribution in [0.15, 0.2) is 18.3 Å². The van der Waals surface area contributed by atoms with Crippen molar-refractivity contribution >= 4 is 23.3 Å². The lowest BCUT2D eigenvalue weighted by molar-refractivity contribution is -0.119. The molecule has 2 aromatic rings. The van der Waals surface area contributed by atoms with Crippen molar-refractivity contribution in [3.05, 3.63) is 40.3 Å². The van der Waals surface area contributed by atoms with Crippen molar-refractivity contribution in [2.45, 2.75) is 39.7 Å². The quantitative estimate of drug-likeness (QED) is 0.855. The fourth-order valence-electron chi connectivity index (χ4n) is 2.85.